The van der Waals surface area contributed by atoms with E-state index in [1.54, 1.807) is 24.3 Å². The van der Waals surface area contributed by atoms with Crippen molar-refractivity contribution in [3.8, 4) is 17.2 Å². The Morgan fingerprint density at radius 1 is 1.09 bits per heavy atom. The topological polar surface area (TPSA) is 103 Å². The number of ether oxygens (including phenoxy) is 2. The number of rotatable bonds is 7. The molecule has 1 heterocycles. The summed E-state index contributed by atoms with van der Waals surface area (Å²) in [5.41, 5.74) is 2.52. The van der Waals surface area contributed by atoms with Crippen molar-refractivity contribution in [2.75, 3.05) is 20.8 Å². The Morgan fingerprint density at radius 2 is 1.81 bits per heavy atom. The molecule has 0 radical (unpaired) electrons. The quantitative estimate of drug-likeness (QED) is 0.436. The maximum absolute atomic E-state index is 11.9. The number of oxazole rings is 1. The third-order valence-corrected chi connectivity index (χ3v) is 4.56. The van der Waals surface area contributed by atoms with Gasteiger partial charge in [0.25, 0.3) is 0 Å². The lowest BCUT2D eigenvalue weighted by Crippen LogP contribution is -2.39. The lowest BCUT2D eigenvalue weighted by atomic mass is 10.2. The summed E-state index contributed by atoms with van der Waals surface area (Å²) >= 11 is 0. The van der Waals surface area contributed by atoms with Gasteiger partial charge in [0.05, 0.1) is 26.0 Å². The van der Waals surface area contributed by atoms with Gasteiger partial charge in [-0.1, -0.05) is 30.3 Å². The summed E-state index contributed by atoms with van der Waals surface area (Å²) in [5, 5.41) is 3.28. The van der Waals surface area contributed by atoms with Crippen LogP contribution in [0.5, 0.6) is 5.75 Å². The van der Waals surface area contributed by atoms with Gasteiger partial charge in [0.15, 0.2) is 0 Å². The smallest absolute Gasteiger partial charge is 0.493 e. The highest BCUT2D eigenvalue weighted by atomic mass is 16.8. The second kappa shape index (κ2) is 10.9. The van der Waals surface area contributed by atoms with Crippen molar-refractivity contribution in [1.82, 2.24) is 15.4 Å². The predicted octanol–water partition coefficient (Wildman–Crippen LogP) is 4.11. The first kappa shape index (κ1) is 22.7. The second-order valence-electron chi connectivity index (χ2n) is 6.77. The summed E-state index contributed by atoms with van der Waals surface area (Å²) in [7, 11) is 2.60. The molecule has 2 amide bonds. The zero-order valence-electron chi connectivity index (χ0n) is 18.2. The van der Waals surface area contributed by atoms with Crippen molar-refractivity contribution < 1.29 is 28.3 Å². The fourth-order valence-electron chi connectivity index (χ4n) is 2.88. The van der Waals surface area contributed by atoms with Crippen molar-refractivity contribution >= 4 is 12.2 Å². The maximum atomic E-state index is 11.9. The fourth-order valence-corrected chi connectivity index (χ4v) is 2.88. The van der Waals surface area contributed by atoms with Gasteiger partial charge in [0, 0.05) is 19.0 Å². The number of aryl methyl sites for hydroxylation is 1. The standard InChI is InChI=1S/C23H25N3O6/c1-16-20(25-21(31-16)18-7-5-4-6-8-18)13-14-30-19-11-9-17(10-12-19)15-26(22(27)24-2)32-23(28)29-3/h4-12H,13-15H2,1-3H3,(H,24,27). The van der Waals surface area contributed by atoms with Crippen molar-refractivity contribution in [3.63, 3.8) is 0 Å². The molecule has 1 N–H and O–H groups in total. The summed E-state index contributed by atoms with van der Waals surface area (Å²) in [6.07, 6.45) is -0.381. The van der Waals surface area contributed by atoms with Gasteiger partial charge < -0.3 is 24.0 Å². The highest BCUT2D eigenvalue weighted by molar-refractivity contribution is 5.74. The number of methoxy groups -OCH3 is 1. The largest absolute Gasteiger partial charge is 0.533 e. The minimum Gasteiger partial charge on any atom is -0.493 e. The number of nitrogens with one attached hydrogen (secondary N) is 1. The monoisotopic (exact) mass is 439 g/mol. The molecule has 0 aliphatic carbocycles. The number of aromatic nitrogens is 1. The number of hydrogen-bond acceptors (Lipinski definition) is 7. The minimum absolute atomic E-state index is 0.0510. The molecule has 0 aliphatic heterocycles. The number of carbonyl (C=O) groups excluding carboxylic acids is 2. The Labute approximate surface area is 185 Å². The number of benzene rings is 2. The Bertz CT molecular complexity index is 1030. The SMILES string of the molecule is CNC(=O)N(Cc1ccc(OCCc2nc(-c3ccccc3)oc2C)cc1)OC(=O)OC. The normalized spacial score (nSPS) is 10.3. The van der Waals surface area contributed by atoms with Crippen LogP contribution >= 0.6 is 0 Å². The van der Waals surface area contributed by atoms with E-state index in [4.69, 9.17) is 14.0 Å². The van der Waals surface area contributed by atoms with Crippen LogP contribution in [0.2, 0.25) is 0 Å². The molecule has 9 heteroatoms. The molecule has 32 heavy (non-hydrogen) atoms. The molecular formula is C23H25N3O6. The lowest BCUT2D eigenvalue weighted by Gasteiger charge is -2.19. The molecule has 0 saturated heterocycles. The Kier molecular flexibility index (Phi) is 7.69. The number of nitrogens with zero attached hydrogens (tertiary/aromatic N) is 2. The molecule has 0 aliphatic rings. The summed E-state index contributed by atoms with van der Waals surface area (Å²) in [6, 6.07) is 16.3. The number of urea groups is 1. The van der Waals surface area contributed by atoms with E-state index in [9.17, 15) is 9.59 Å². The molecule has 0 atom stereocenters. The number of hydrogen-bond donors (Lipinski definition) is 1. The summed E-state index contributed by atoms with van der Waals surface area (Å²) < 4.78 is 16.0. The van der Waals surface area contributed by atoms with Crippen LogP contribution in [0.3, 0.4) is 0 Å². The first-order valence-electron chi connectivity index (χ1n) is 9.98. The molecule has 0 fully saturated rings. The maximum Gasteiger partial charge on any atom is 0.533 e. The molecule has 3 rings (SSSR count). The van der Waals surface area contributed by atoms with Crippen LogP contribution in [-0.2, 0) is 22.5 Å². The van der Waals surface area contributed by atoms with Gasteiger partial charge in [-0.05, 0) is 36.8 Å². The molecule has 0 saturated carbocycles. The van der Waals surface area contributed by atoms with E-state index in [1.807, 2.05) is 37.3 Å². The third kappa shape index (κ3) is 6.00. The number of carbonyl (C=O) groups is 2. The van der Waals surface area contributed by atoms with E-state index in [0.29, 0.717) is 24.7 Å². The number of hydroxylamine groups is 2. The van der Waals surface area contributed by atoms with E-state index >= 15 is 0 Å². The molecule has 1 aromatic heterocycles. The Morgan fingerprint density at radius 3 is 2.47 bits per heavy atom. The van der Waals surface area contributed by atoms with E-state index < -0.39 is 12.2 Å². The molecule has 0 bridgehead atoms. The first-order valence-corrected chi connectivity index (χ1v) is 9.98. The van der Waals surface area contributed by atoms with Crippen LogP contribution in [0, 0.1) is 6.92 Å². The third-order valence-electron chi connectivity index (χ3n) is 4.56. The van der Waals surface area contributed by atoms with E-state index in [2.05, 4.69) is 15.0 Å². The van der Waals surface area contributed by atoms with Gasteiger partial charge in [-0.3, -0.25) is 0 Å². The molecule has 0 unspecified atom stereocenters. The second-order valence-corrected chi connectivity index (χ2v) is 6.77. The van der Waals surface area contributed by atoms with Crippen LogP contribution in [0.25, 0.3) is 11.5 Å². The van der Waals surface area contributed by atoms with Gasteiger partial charge in [-0.2, -0.15) is 0 Å². The molecular weight excluding hydrogens is 414 g/mol. The predicted molar refractivity (Wildman–Crippen MR) is 116 cm³/mol. The van der Waals surface area contributed by atoms with Gasteiger partial charge >= 0.3 is 12.2 Å². The summed E-state index contributed by atoms with van der Waals surface area (Å²) in [6.45, 7) is 2.37. The van der Waals surface area contributed by atoms with Gasteiger partial charge in [0.1, 0.15) is 11.5 Å². The average Bonchev–Trinajstić information content (AvgIpc) is 3.20. The van der Waals surface area contributed by atoms with Crippen LogP contribution in [0.15, 0.2) is 59.0 Å². The van der Waals surface area contributed by atoms with Crippen LogP contribution < -0.4 is 10.1 Å². The summed E-state index contributed by atoms with van der Waals surface area (Å²) in [5.74, 6) is 2.03. The first-order chi connectivity index (χ1) is 15.5. The van der Waals surface area contributed by atoms with Crippen molar-refractivity contribution in [2.45, 2.75) is 19.9 Å². The van der Waals surface area contributed by atoms with Crippen LogP contribution in [-0.4, -0.2) is 43.0 Å². The average molecular weight is 439 g/mol. The highest BCUT2D eigenvalue weighted by Crippen LogP contribution is 2.22. The van der Waals surface area contributed by atoms with E-state index in [1.165, 1.54) is 14.2 Å². The molecule has 0 spiro atoms. The highest BCUT2D eigenvalue weighted by Gasteiger charge is 2.18. The lowest BCUT2D eigenvalue weighted by molar-refractivity contribution is -0.0921. The fraction of sp³-hybridized carbons (Fsp3) is 0.261. The van der Waals surface area contributed by atoms with Gasteiger partial charge in [0.2, 0.25) is 5.89 Å². The van der Waals surface area contributed by atoms with E-state index in [-0.39, 0.29) is 6.54 Å². The van der Waals surface area contributed by atoms with Crippen molar-refractivity contribution in [3.05, 3.63) is 71.6 Å². The van der Waals surface area contributed by atoms with Gasteiger partial charge in [-0.25, -0.2) is 14.6 Å². The van der Waals surface area contributed by atoms with E-state index in [0.717, 1.165) is 27.6 Å². The van der Waals surface area contributed by atoms with Crippen LogP contribution in [0.1, 0.15) is 17.0 Å². The molecule has 2 aromatic carbocycles. The van der Waals surface area contributed by atoms with Crippen molar-refractivity contribution in [1.29, 1.82) is 0 Å². The Hall–Kier alpha value is -4.01. The summed E-state index contributed by atoms with van der Waals surface area (Å²) in [4.78, 5) is 32.6. The van der Waals surface area contributed by atoms with Crippen LogP contribution in [0.4, 0.5) is 9.59 Å². The Balaban J connectivity index is 1.54. The zero-order chi connectivity index (χ0) is 22.9. The molecule has 168 valence electrons. The molecule has 3 aromatic rings. The minimum atomic E-state index is -0.980. The zero-order valence-corrected chi connectivity index (χ0v) is 18.2. The number of amides is 2. The molecule has 9 nitrogen and oxygen atoms in total. The van der Waals surface area contributed by atoms with Crippen molar-refractivity contribution in [2.24, 2.45) is 0 Å². The van der Waals surface area contributed by atoms with Gasteiger partial charge in [-0.15, -0.1) is 5.06 Å².